The standard InChI is InChI=1S/C19H16P.Au.4ClH.2Hg/c1-16-9-8-14-19(15-16)20(17-10-4-2-5-11-17)18-12-6-3-7-13-18;;;;;;;/h2-14H,1H3;;4*1H;;/q;+1;;;;;+1;+2/p-3. The molecule has 0 radical (unpaired) electrons. The van der Waals surface area contributed by atoms with E-state index in [4.69, 9.17) is 24.7 Å². The first-order valence-electron chi connectivity index (χ1n) is 8.08. The predicted molar refractivity (Wildman–Crippen MR) is 114 cm³/mol. The quantitative estimate of drug-likeness (QED) is 0.243. The molecule has 0 aliphatic heterocycles. The molecule has 8 heteroatoms. The van der Waals surface area contributed by atoms with Crippen LogP contribution in [-0.2, 0) is 65.4 Å². The van der Waals surface area contributed by atoms with E-state index in [2.05, 4.69) is 95.0 Å². The maximum atomic E-state index is 6.49. The Balaban J connectivity index is 0.000000665. The molecule has 0 aliphatic rings. The summed E-state index contributed by atoms with van der Waals surface area (Å²) in [5.74, 6) is 0. The first kappa shape index (κ1) is 26.9. The number of hydrogen-bond donors (Lipinski definition) is 0. The van der Waals surface area contributed by atoms with E-state index in [9.17, 15) is 0 Å². The molecule has 0 fully saturated rings. The van der Waals surface area contributed by atoms with E-state index in [1.807, 2.05) is 0 Å². The van der Waals surface area contributed by atoms with Gasteiger partial charge in [-0.05, 0) is 0 Å². The van der Waals surface area contributed by atoms with Gasteiger partial charge in [0, 0.05) is 0 Å². The first-order valence-corrected chi connectivity index (χ1v) is 35.3. The SMILES string of the molecule is Cc1cccc([PH+](c2ccccc2)c2ccccc2)[c]1[Hg][Cl].[Cl][Au].[Cl][Hg][Cl]. The van der Waals surface area contributed by atoms with E-state index in [1.165, 1.54) is 24.5 Å². The van der Waals surface area contributed by atoms with Gasteiger partial charge in [-0.3, -0.25) is 0 Å². The molecule has 0 aliphatic carbocycles. The monoisotopic (exact) mass is 1020 g/mol. The van der Waals surface area contributed by atoms with Crippen molar-refractivity contribution in [3.8, 4) is 0 Å². The molecule has 0 atom stereocenters. The van der Waals surface area contributed by atoms with Crippen molar-refractivity contribution in [1.82, 2.24) is 0 Å². The summed E-state index contributed by atoms with van der Waals surface area (Å²) in [6, 6.07) is 28.5. The molecule has 0 saturated heterocycles. The van der Waals surface area contributed by atoms with Crippen LogP contribution in [-0.4, -0.2) is 0 Å². The summed E-state index contributed by atoms with van der Waals surface area (Å²) < 4.78 is 1.51. The zero-order valence-corrected chi connectivity index (χ0v) is 31.9. The second kappa shape index (κ2) is 16.5. The molecule has 3 rings (SSSR count). The summed E-state index contributed by atoms with van der Waals surface area (Å²) in [7, 11) is 20.1. The van der Waals surface area contributed by atoms with E-state index < -0.39 is 53.4 Å². The molecular weight excluding hydrogens is 999 g/mol. The molecule has 0 bridgehead atoms. The second-order valence-corrected chi connectivity index (χ2v) is 21.9. The Bertz CT molecular complexity index is 740. The van der Waals surface area contributed by atoms with Gasteiger partial charge in [-0.1, -0.05) is 0 Å². The van der Waals surface area contributed by atoms with Gasteiger partial charge in [0.25, 0.3) is 0 Å². The summed E-state index contributed by atoms with van der Waals surface area (Å²) >= 11 is -0.882. The zero-order chi connectivity index (χ0) is 20.1. The Labute approximate surface area is 214 Å². The van der Waals surface area contributed by atoms with Gasteiger partial charge in [0.05, 0.1) is 0 Å². The summed E-state index contributed by atoms with van der Waals surface area (Å²) in [6.07, 6.45) is 0. The van der Waals surface area contributed by atoms with Crippen LogP contribution in [0, 0.1) is 6.92 Å². The van der Waals surface area contributed by atoms with Crippen LogP contribution in [0.5, 0.6) is 0 Å². The van der Waals surface area contributed by atoms with Crippen molar-refractivity contribution in [2.75, 3.05) is 0 Å². The van der Waals surface area contributed by atoms with Crippen LogP contribution < -0.4 is 19.0 Å². The van der Waals surface area contributed by atoms with Gasteiger partial charge in [-0.25, -0.2) is 0 Å². The number of benzene rings is 3. The number of hydrogen-bond acceptors (Lipinski definition) is 0. The molecule has 0 N–H and O–H groups in total. The molecule has 0 saturated carbocycles. The van der Waals surface area contributed by atoms with Crippen molar-refractivity contribution < 1.29 is 65.4 Å². The Morgan fingerprint density at radius 3 is 1.56 bits per heavy atom. The topological polar surface area (TPSA) is 0 Å². The molecule has 0 spiro atoms. The van der Waals surface area contributed by atoms with Gasteiger partial charge < -0.3 is 0 Å². The third kappa shape index (κ3) is 8.86. The first-order chi connectivity index (χ1) is 13.2. The molecule has 27 heavy (non-hydrogen) atoms. The fourth-order valence-corrected chi connectivity index (χ4v) is 14.8. The molecule has 3 aromatic carbocycles. The molecule has 0 heterocycles. The molecule has 0 nitrogen and oxygen atoms in total. The Morgan fingerprint density at radius 1 is 0.704 bits per heavy atom. The molecular formula is C19H17AuCl4Hg2P+. The summed E-state index contributed by atoms with van der Waals surface area (Å²) in [5.41, 5.74) is 1.38. The van der Waals surface area contributed by atoms with Crippen molar-refractivity contribution >= 4 is 60.8 Å². The molecule has 3 aromatic rings. The van der Waals surface area contributed by atoms with Gasteiger partial charge >= 0.3 is 218 Å². The molecule has 0 aromatic heterocycles. The maximum absolute atomic E-state index is 6.49. The third-order valence-electron chi connectivity index (χ3n) is 3.94. The van der Waals surface area contributed by atoms with Crippen molar-refractivity contribution in [3.05, 3.63) is 84.4 Å². The second-order valence-electron chi connectivity index (χ2n) is 5.44. The number of aryl methyl sites for hydroxylation is 1. The number of rotatable bonds is 4. The van der Waals surface area contributed by atoms with E-state index in [0.29, 0.717) is 0 Å². The van der Waals surface area contributed by atoms with Gasteiger partial charge in [-0.2, -0.15) is 0 Å². The van der Waals surface area contributed by atoms with Crippen LogP contribution >= 0.6 is 41.9 Å². The average Bonchev–Trinajstić information content (AvgIpc) is 2.72. The predicted octanol–water partition coefficient (Wildman–Crippen LogP) is 5.41. The normalized spacial score (nSPS) is 9.19. The van der Waals surface area contributed by atoms with E-state index in [0.717, 1.165) is 0 Å². The van der Waals surface area contributed by atoms with Crippen LogP contribution in [0.25, 0.3) is 0 Å². The summed E-state index contributed by atoms with van der Waals surface area (Å²) in [6.45, 7) is 2.21. The fraction of sp³-hybridized carbons (Fsp3) is 0.0526. The van der Waals surface area contributed by atoms with Crippen molar-refractivity contribution in [3.63, 3.8) is 0 Å². The van der Waals surface area contributed by atoms with Gasteiger partial charge in [0.2, 0.25) is 0 Å². The van der Waals surface area contributed by atoms with Crippen LogP contribution in [0.3, 0.4) is 0 Å². The molecule has 0 amide bonds. The van der Waals surface area contributed by atoms with Gasteiger partial charge in [0.15, 0.2) is 0 Å². The Morgan fingerprint density at radius 2 is 1.15 bits per heavy atom. The molecule has 0 unspecified atom stereocenters. The zero-order valence-electron chi connectivity index (χ0n) is 14.7. The van der Waals surface area contributed by atoms with Gasteiger partial charge in [0.1, 0.15) is 0 Å². The van der Waals surface area contributed by atoms with Crippen molar-refractivity contribution in [2.45, 2.75) is 6.92 Å². The van der Waals surface area contributed by atoms with Crippen molar-refractivity contribution in [1.29, 1.82) is 0 Å². The Hall–Kier alpha value is 1.86. The van der Waals surface area contributed by atoms with Crippen LogP contribution in [0.1, 0.15) is 5.56 Å². The van der Waals surface area contributed by atoms with E-state index in [1.54, 1.807) is 20.0 Å². The minimum absolute atomic E-state index is 0.970. The van der Waals surface area contributed by atoms with E-state index >= 15 is 0 Å². The fourth-order valence-electron chi connectivity index (χ4n) is 2.80. The summed E-state index contributed by atoms with van der Waals surface area (Å²) in [5, 5.41) is 4.37. The van der Waals surface area contributed by atoms with Crippen LogP contribution in [0.4, 0.5) is 0 Å². The van der Waals surface area contributed by atoms with Gasteiger partial charge in [-0.15, -0.1) is 0 Å². The van der Waals surface area contributed by atoms with E-state index in [-0.39, 0.29) is 0 Å². The van der Waals surface area contributed by atoms with Crippen molar-refractivity contribution in [2.24, 2.45) is 0 Å². The van der Waals surface area contributed by atoms with Crippen LogP contribution in [0.15, 0.2) is 78.9 Å². The average molecular weight is 1020 g/mol. The minimum atomic E-state index is -1.49. The molecule has 140 valence electrons. The summed E-state index contributed by atoms with van der Waals surface area (Å²) in [4.78, 5) is 0. The third-order valence-corrected chi connectivity index (χ3v) is 15.2. The Kier molecular flexibility index (Phi) is 16.5. The number of halogens is 4. The van der Waals surface area contributed by atoms with Crippen LogP contribution in [0.2, 0.25) is 0 Å².